The molecule has 1 aromatic rings. The number of hydrogen-bond acceptors (Lipinski definition) is 2. The summed E-state index contributed by atoms with van der Waals surface area (Å²) in [7, 11) is 0. The third-order valence-electron chi connectivity index (χ3n) is 3.29. The van der Waals surface area contributed by atoms with E-state index in [1.165, 1.54) is 18.7 Å². The third-order valence-corrected chi connectivity index (χ3v) is 3.29. The fourth-order valence-corrected chi connectivity index (χ4v) is 1.96. The number of aliphatic carboxylic acids is 1. The largest absolute Gasteiger partial charge is 0.480 e. The van der Waals surface area contributed by atoms with Gasteiger partial charge in [0.05, 0.1) is 0 Å². The molecule has 0 bridgehead atoms. The topological polar surface area (TPSA) is 69.6 Å². The van der Waals surface area contributed by atoms with Crippen molar-refractivity contribution in [3.05, 3.63) is 35.9 Å². The average Bonchev–Trinajstić information content (AvgIpc) is 2.40. The van der Waals surface area contributed by atoms with Crippen LogP contribution in [0.4, 0.5) is 4.79 Å². The van der Waals surface area contributed by atoms with Crippen molar-refractivity contribution in [2.24, 2.45) is 0 Å². The van der Waals surface area contributed by atoms with Gasteiger partial charge in [-0.15, -0.1) is 0 Å². The summed E-state index contributed by atoms with van der Waals surface area (Å²) in [4.78, 5) is 24.6. The highest BCUT2D eigenvalue weighted by Crippen LogP contribution is 2.14. The van der Waals surface area contributed by atoms with Crippen molar-refractivity contribution < 1.29 is 14.7 Å². The molecular formula is C15H22N2O3. The second-order valence-electron chi connectivity index (χ2n) is 5.08. The smallest absolute Gasteiger partial charge is 0.329 e. The summed E-state index contributed by atoms with van der Waals surface area (Å²) in [5.41, 5.74) is -0.0840. The molecule has 5 nitrogen and oxygen atoms in total. The van der Waals surface area contributed by atoms with Crippen LogP contribution in [-0.2, 0) is 11.2 Å². The van der Waals surface area contributed by atoms with Crippen LogP contribution < -0.4 is 5.32 Å². The van der Waals surface area contributed by atoms with Crippen molar-refractivity contribution in [2.75, 3.05) is 13.1 Å². The molecule has 0 unspecified atom stereocenters. The number of rotatable bonds is 6. The Morgan fingerprint density at radius 1 is 1.25 bits per heavy atom. The Labute approximate surface area is 119 Å². The lowest BCUT2D eigenvalue weighted by molar-refractivity contribution is -0.147. The van der Waals surface area contributed by atoms with Crippen LogP contribution in [0.2, 0.25) is 0 Å². The van der Waals surface area contributed by atoms with Gasteiger partial charge in [0.15, 0.2) is 0 Å². The Bertz CT molecular complexity index is 457. The maximum absolute atomic E-state index is 12.1. The number of likely N-dealkylation sites (N-methyl/N-ethyl adjacent to an activating group) is 1. The molecule has 0 saturated heterocycles. The number of nitrogens with zero attached hydrogens (tertiary/aromatic N) is 1. The molecule has 0 aliphatic rings. The second-order valence-corrected chi connectivity index (χ2v) is 5.08. The number of urea groups is 1. The zero-order chi connectivity index (χ0) is 15.2. The van der Waals surface area contributed by atoms with Crippen molar-refractivity contribution in [1.29, 1.82) is 0 Å². The van der Waals surface area contributed by atoms with Crippen LogP contribution >= 0.6 is 0 Å². The Balaban J connectivity index is 2.54. The Kier molecular flexibility index (Phi) is 5.55. The number of amides is 2. The van der Waals surface area contributed by atoms with Gasteiger partial charge in [-0.2, -0.15) is 0 Å². The molecule has 0 heterocycles. The summed E-state index contributed by atoms with van der Waals surface area (Å²) in [6, 6.07) is 9.47. The SMILES string of the molecule is CCN(C(=O)NCCc1ccccc1)C(C)(C)C(=O)O. The lowest BCUT2D eigenvalue weighted by Gasteiger charge is -2.34. The van der Waals surface area contributed by atoms with Crippen LogP contribution in [0.1, 0.15) is 26.3 Å². The van der Waals surface area contributed by atoms with Gasteiger partial charge in [-0.1, -0.05) is 30.3 Å². The van der Waals surface area contributed by atoms with Gasteiger partial charge in [-0.05, 0) is 32.8 Å². The van der Waals surface area contributed by atoms with Gasteiger partial charge >= 0.3 is 12.0 Å². The van der Waals surface area contributed by atoms with E-state index in [-0.39, 0.29) is 6.03 Å². The van der Waals surface area contributed by atoms with E-state index in [4.69, 9.17) is 0 Å². The minimum atomic E-state index is -1.22. The van der Waals surface area contributed by atoms with E-state index < -0.39 is 11.5 Å². The fraction of sp³-hybridized carbons (Fsp3) is 0.467. The van der Waals surface area contributed by atoms with E-state index in [9.17, 15) is 14.7 Å². The number of nitrogens with one attached hydrogen (secondary N) is 1. The van der Waals surface area contributed by atoms with Crippen LogP contribution in [0.3, 0.4) is 0 Å². The highest BCUT2D eigenvalue weighted by atomic mass is 16.4. The lowest BCUT2D eigenvalue weighted by Crippen LogP contribution is -2.56. The van der Waals surface area contributed by atoms with Gasteiger partial charge in [-0.25, -0.2) is 9.59 Å². The average molecular weight is 278 g/mol. The van der Waals surface area contributed by atoms with Crippen molar-refractivity contribution in [3.8, 4) is 0 Å². The van der Waals surface area contributed by atoms with Crippen molar-refractivity contribution in [2.45, 2.75) is 32.7 Å². The first kappa shape index (κ1) is 16.0. The van der Waals surface area contributed by atoms with Gasteiger partial charge < -0.3 is 15.3 Å². The summed E-state index contributed by atoms with van der Waals surface area (Å²) in [6.45, 7) is 5.64. The molecule has 0 spiro atoms. The van der Waals surface area contributed by atoms with Crippen molar-refractivity contribution >= 4 is 12.0 Å². The zero-order valence-electron chi connectivity index (χ0n) is 12.2. The lowest BCUT2D eigenvalue weighted by atomic mass is 10.0. The number of carbonyl (C=O) groups is 2. The number of carboxylic acids is 1. The van der Waals surface area contributed by atoms with Crippen LogP contribution in [0.5, 0.6) is 0 Å². The Morgan fingerprint density at radius 2 is 1.85 bits per heavy atom. The maximum Gasteiger partial charge on any atom is 0.329 e. The third kappa shape index (κ3) is 3.98. The molecule has 2 N–H and O–H groups in total. The monoisotopic (exact) mass is 278 g/mol. The van der Waals surface area contributed by atoms with E-state index in [0.29, 0.717) is 13.1 Å². The molecule has 20 heavy (non-hydrogen) atoms. The predicted molar refractivity (Wildman–Crippen MR) is 77.6 cm³/mol. The molecule has 0 saturated carbocycles. The molecule has 0 aromatic heterocycles. The van der Waals surface area contributed by atoms with E-state index in [1.807, 2.05) is 30.3 Å². The number of benzene rings is 1. The van der Waals surface area contributed by atoms with Gasteiger partial charge in [0.2, 0.25) is 0 Å². The quantitative estimate of drug-likeness (QED) is 0.837. The summed E-state index contributed by atoms with van der Waals surface area (Å²) in [5.74, 6) is -1.02. The maximum atomic E-state index is 12.1. The second kappa shape index (κ2) is 6.93. The van der Waals surface area contributed by atoms with Gasteiger partial charge in [-0.3, -0.25) is 0 Å². The molecule has 0 fully saturated rings. The molecule has 1 aromatic carbocycles. The summed E-state index contributed by atoms with van der Waals surface area (Å²) < 4.78 is 0. The molecule has 0 aliphatic heterocycles. The molecule has 0 atom stereocenters. The number of carboxylic acid groups (broad SMARTS) is 1. The number of carbonyl (C=O) groups excluding carboxylic acids is 1. The predicted octanol–water partition coefficient (Wildman–Crippen LogP) is 2.12. The summed E-state index contributed by atoms with van der Waals surface area (Å²) in [5, 5.41) is 11.9. The Hall–Kier alpha value is -2.04. The van der Waals surface area contributed by atoms with Crippen molar-refractivity contribution in [3.63, 3.8) is 0 Å². The van der Waals surface area contributed by atoms with Crippen LogP contribution in [-0.4, -0.2) is 40.6 Å². The van der Waals surface area contributed by atoms with E-state index >= 15 is 0 Å². The van der Waals surface area contributed by atoms with Crippen LogP contribution in [0.25, 0.3) is 0 Å². The molecular weight excluding hydrogens is 256 g/mol. The fourth-order valence-electron chi connectivity index (χ4n) is 1.96. The van der Waals surface area contributed by atoms with Crippen LogP contribution in [0, 0.1) is 0 Å². The normalized spacial score (nSPS) is 10.9. The van der Waals surface area contributed by atoms with Gasteiger partial charge in [0, 0.05) is 13.1 Å². The summed E-state index contributed by atoms with van der Waals surface area (Å²) >= 11 is 0. The highest BCUT2D eigenvalue weighted by molar-refractivity contribution is 5.85. The first-order chi connectivity index (χ1) is 9.39. The first-order valence-corrected chi connectivity index (χ1v) is 6.72. The van der Waals surface area contributed by atoms with Gasteiger partial charge in [0.1, 0.15) is 5.54 Å². The van der Waals surface area contributed by atoms with E-state index in [0.717, 1.165) is 12.0 Å². The molecule has 0 radical (unpaired) electrons. The minimum Gasteiger partial charge on any atom is -0.480 e. The zero-order valence-corrected chi connectivity index (χ0v) is 12.2. The molecule has 0 aliphatic carbocycles. The number of hydrogen-bond donors (Lipinski definition) is 2. The molecule has 2 amide bonds. The summed E-state index contributed by atoms with van der Waals surface area (Å²) in [6.07, 6.45) is 0.720. The minimum absolute atomic E-state index is 0.344. The standard InChI is InChI=1S/C15H22N2O3/c1-4-17(15(2,3)13(18)19)14(20)16-11-10-12-8-6-5-7-9-12/h5-9H,4,10-11H2,1-3H3,(H,16,20)(H,18,19). The van der Waals surface area contributed by atoms with Gasteiger partial charge in [0.25, 0.3) is 0 Å². The first-order valence-electron chi connectivity index (χ1n) is 6.72. The molecule has 110 valence electrons. The van der Waals surface area contributed by atoms with Crippen LogP contribution in [0.15, 0.2) is 30.3 Å². The van der Waals surface area contributed by atoms with E-state index in [2.05, 4.69) is 5.32 Å². The highest BCUT2D eigenvalue weighted by Gasteiger charge is 2.36. The van der Waals surface area contributed by atoms with Crippen molar-refractivity contribution in [1.82, 2.24) is 10.2 Å². The Morgan fingerprint density at radius 3 is 2.35 bits per heavy atom. The van der Waals surface area contributed by atoms with E-state index in [1.54, 1.807) is 6.92 Å². The molecule has 5 heteroatoms. The molecule has 1 rings (SSSR count).